The highest BCUT2D eigenvalue weighted by atomic mass is 16.2. The SMILES string of the molecule is C=CC(=C)C.CCCCCO. The molecule has 11 heavy (non-hydrogen) atoms. The monoisotopic (exact) mass is 156 g/mol. The number of allylic oxidation sites excluding steroid dienone is 2. The Kier molecular flexibility index (Phi) is 14.4. The quantitative estimate of drug-likeness (QED) is 0.490. The van der Waals surface area contributed by atoms with Crippen molar-refractivity contribution >= 4 is 0 Å². The summed E-state index contributed by atoms with van der Waals surface area (Å²) in [6, 6.07) is 0. The maximum Gasteiger partial charge on any atom is 0.0431 e. The summed E-state index contributed by atoms with van der Waals surface area (Å²) >= 11 is 0. The molecule has 1 N–H and O–H groups in total. The molecule has 1 heteroatoms. The number of aliphatic hydroxyl groups excluding tert-OH is 1. The standard InChI is InChI=1S/C5H12O.C5H8/c1-2-3-4-5-6;1-4-5(2)3/h6H,2-5H2,1H3;4H,1-2H2,3H3. The van der Waals surface area contributed by atoms with E-state index in [-0.39, 0.29) is 0 Å². The molecule has 0 saturated heterocycles. The molecule has 0 bridgehead atoms. The molecule has 0 aliphatic carbocycles. The first-order chi connectivity index (χ1) is 5.18. The van der Waals surface area contributed by atoms with Crippen LogP contribution in [0.5, 0.6) is 0 Å². The Morgan fingerprint density at radius 3 is 2.00 bits per heavy atom. The van der Waals surface area contributed by atoms with Gasteiger partial charge >= 0.3 is 0 Å². The number of unbranched alkanes of at least 4 members (excludes halogenated alkanes) is 2. The lowest BCUT2D eigenvalue weighted by Gasteiger charge is -1.85. The van der Waals surface area contributed by atoms with Crippen LogP contribution < -0.4 is 0 Å². The van der Waals surface area contributed by atoms with Crippen molar-refractivity contribution in [3.8, 4) is 0 Å². The minimum Gasteiger partial charge on any atom is -0.396 e. The van der Waals surface area contributed by atoms with Crippen LogP contribution in [0.2, 0.25) is 0 Å². The first-order valence-corrected chi connectivity index (χ1v) is 4.07. The fourth-order valence-electron chi connectivity index (χ4n) is 0.362. The van der Waals surface area contributed by atoms with Crippen LogP contribution in [0.25, 0.3) is 0 Å². The van der Waals surface area contributed by atoms with E-state index in [1.165, 1.54) is 6.42 Å². The fourth-order valence-corrected chi connectivity index (χ4v) is 0.362. The minimum absolute atomic E-state index is 0.355. The van der Waals surface area contributed by atoms with Crippen molar-refractivity contribution in [2.45, 2.75) is 33.1 Å². The Morgan fingerprint density at radius 2 is 1.91 bits per heavy atom. The third-order valence-corrected chi connectivity index (χ3v) is 1.11. The molecular weight excluding hydrogens is 136 g/mol. The van der Waals surface area contributed by atoms with E-state index in [2.05, 4.69) is 20.1 Å². The smallest absolute Gasteiger partial charge is 0.0431 e. The Balaban J connectivity index is 0. The molecule has 0 aliphatic heterocycles. The van der Waals surface area contributed by atoms with Crippen LogP contribution in [0.4, 0.5) is 0 Å². The second kappa shape index (κ2) is 12.1. The zero-order valence-corrected chi connectivity index (χ0v) is 7.77. The van der Waals surface area contributed by atoms with Gasteiger partial charge in [-0.15, -0.1) is 0 Å². The van der Waals surface area contributed by atoms with E-state index < -0.39 is 0 Å². The van der Waals surface area contributed by atoms with Gasteiger partial charge in [0.05, 0.1) is 0 Å². The van der Waals surface area contributed by atoms with Gasteiger partial charge < -0.3 is 5.11 Å². The molecule has 0 amide bonds. The van der Waals surface area contributed by atoms with Gasteiger partial charge in [0.25, 0.3) is 0 Å². The van der Waals surface area contributed by atoms with Gasteiger partial charge in [0.1, 0.15) is 0 Å². The molecular formula is C10H20O. The third-order valence-electron chi connectivity index (χ3n) is 1.11. The highest BCUT2D eigenvalue weighted by molar-refractivity contribution is 5.05. The molecule has 0 rings (SSSR count). The van der Waals surface area contributed by atoms with Gasteiger partial charge in [-0.05, 0) is 13.3 Å². The Morgan fingerprint density at radius 1 is 1.45 bits per heavy atom. The molecule has 0 aliphatic rings. The van der Waals surface area contributed by atoms with Crippen molar-refractivity contribution in [1.82, 2.24) is 0 Å². The van der Waals surface area contributed by atoms with Crippen LogP contribution in [0.15, 0.2) is 24.8 Å². The fraction of sp³-hybridized carbons (Fsp3) is 0.600. The molecule has 0 fully saturated rings. The second-order valence-electron chi connectivity index (χ2n) is 2.48. The van der Waals surface area contributed by atoms with Crippen LogP contribution in [-0.2, 0) is 0 Å². The van der Waals surface area contributed by atoms with E-state index in [0.29, 0.717) is 6.61 Å². The number of hydrogen-bond donors (Lipinski definition) is 1. The van der Waals surface area contributed by atoms with Gasteiger partial charge in [-0.25, -0.2) is 0 Å². The van der Waals surface area contributed by atoms with Crippen molar-refractivity contribution in [1.29, 1.82) is 0 Å². The van der Waals surface area contributed by atoms with E-state index in [0.717, 1.165) is 18.4 Å². The van der Waals surface area contributed by atoms with Gasteiger partial charge in [0.2, 0.25) is 0 Å². The molecule has 66 valence electrons. The molecule has 0 radical (unpaired) electrons. The predicted molar refractivity (Wildman–Crippen MR) is 51.6 cm³/mol. The lowest BCUT2D eigenvalue weighted by Crippen LogP contribution is -1.78. The average molecular weight is 156 g/mol. The highest BCUT2D eigenvalue weighted by Gasteiger charge is 1.76. The Labute approximate surface area is 70.4 Å². The van der Waals surface area contributed by atoms with Gasteiger partial charge in [0, 0.05) is 6.61 Å². The largest absolute Gasteiger partial charge is 0.396 e. The van der Waals surface area contributed by atoms with E-state index in [9.17, 15) is 0 Å². The highest BCUT2D eigenvalue weighted by Crippen LogP contribution is 1.89. The summed E-state index contributed by atoms with van der Waals surface area (Å²) in [4.78, 5) is 0. The van der Waals surface area contributed by atoms with Gasteiger partial charge in [0.15, 0.2) is 0 Å². The molecule has 0 aromatic rings. The number of hydrogen-bond acceptors (Lipinski definition) is 1. The Bertz CT molecular complexity index is 91.0. The zero-order valence-electron chi connectivity index (χ0n) is 7.77. The summed E-state index contributed by atoms with van der Waals surface area (Å²) < 4.78 is 0. The Hall–Kier alpha value is -0.560. The summed E-state index contributed by atoms with van der Waals surface area (Å²) in [5, 5.41) is 8.20. The van der Waals surface area contributed by atoms with Crippen LogP contribution >= 0.6 is 0 Å². The summed E-state index contributed by atoms with van der Waals surface area (Å²) in [5.74, 6) is 0. The zero-order chi connectivity index (χ0) is 9.11. The van der Waals surface area contributed by atoms with Crippen molar-refractivity contribution in [2.24, 2.45) is 0 Å². The van der Waals surface area contributed by atoms with Crippen molar-refractivity contribution in [3.63, 3.8) is 0 Å². The minimum atomic E-state index is 0.355. The molecule has 0 heterocycles. The van der Waals surface area contributed by atoms with E-state index >= 15 is 0 Å². The normalized spacial score (nSPS) is 7.91. The van der Waals surface area contributed by atoms with Crippen LogP contribution in [0.3, 0.4) is 0 Å². The van der Waals surface area contributed by atoms with Crippen molar-refractivity contribution in [3.05, 3.63) is 24.8 Å². The molecule has 1 nitrogen and oxygen atoms in total. The molecule has 0 aromatic heterocycles. The van der Waals surface area contributed by atoms with Crippen LogP contribution in [-0.4, -0.2) is 11.7 Å². The topological polar surface area (TPSA) is 20.2 Å². The molecule has 0 unspecified atom stereocenters. The third kappa shape index (κ3) is 26.5. The van der Waals surface area contributed by atoms with Gasteiger partial charge in [-0.1, -0.05) is 44.6 Å². The maximum absolute atomic E-state index is 8.20. The predicted octanol–water partition coefficient (Wildman–Crippen LogP) is 2.92. The summed E-state index contributed by atoms with van der Waals surface area (Å²) in [6.45, 7) is 11.4. The first kappa shape index (κ1) is 13.1. The molecule has 0 spiro atoms. The van der Waals surface area contributed by atoms with Gasteiger partial charge in [-0.3, -0.25) is 0 Å². The summed E-state index contributed by atoms with van der Waals surface area (Å²) in [5.41, 5.74) is 1.02. The maximum atomic E-state index is 8.20. The second-order valence-corrected chi connectivity index (χ2v) is 2.48. The number of aliphatic hydroxyl groups is 1. The lowest BCUT2D eigenvalue weighted by molar-refractivity contribution is 0.284. The van der Waals surface area contributed by atoms with E-state index in [1.807, 2.05) is 6.92 Å². The van der Waals surface area contributed by atoms with Crippen LogP contribution in [0, 0.1) is 0 Å². The lowest BCUT2D eigenvalue weighted by atomic mass is 10.3. The summed E-state index contributed by atoms with van der Waals surface area (Å²) in [6.07, 6.45) is 5.05. The van der Waals surface area contributed by atoms with Crippen molar-refractivity contribution < 1.29 is 5.11 Å². The van der Waals surface area contributed by atoms with Gasteiger partial charge in [-0.2, -0.15) is 0 Å². The molecule has 0 saturated carbocycles. The molecule has 0 aromatic carbocycles. The average Bonchev–Trinajstić information content (AvgIpc) is 2.02. The number of rotatable bonds is 4. The first-order valence-electron chi connectivity index (χ1n) is 4.07. The summed E-state index contributed by atoms with van der Waals surface area (Å²) in [7, 11) is 0. The van der Waals surface area contributed by atoms with Crippen LogP contribution in [0.1, 0.15) is 33.1 Å². The van der Waals surface area contributed by atoms with Crippen molar-refractivity contribution in [2.75, 3.05) is 6.61 Å². The molecule has 0 atom stereocenters. The van der Waals surface area contributed by atoms with E-state index in [4.69, 9.17) is 5.11 Å². The van der Waals surface area contributed by atoms with E-state index in [1.54, 1.807) is 6.08 Å².